The molecule has 0 aliphatic rings. The van der Waals surface area contributed by atoms with Crippen LogP contribution in [-0.2, 0) is 7.05 Å². The van der Waals surface area contributed by atoms with E-state index in [-0.39, 0.29) is 11.0 Å². The molecule has 19 heavy (non-hydrogen) atoms. The van der Waals surface area contributed by atoms with Crippen LogP contribution in [-0.4, -0.2) is 9.55 Å². The molecule has 3 aromatic rings. The molecular formula is C14H11F2N3. The summed E-state index contributed by atoms with van der Waals surface area (Å²) in [5.74, 6) is -0.714. The summed E-state index contributed by atoms with van der Waals surface area (Å²) in [7, 11) is 1.69. The average molecular weight is 259 g/mol. The highest BCUT2D eigenvalue weighted by atomic mass is 19.1. The monoisotopic (exact) mass is 259 g/mol. The second-order valence-electron chi connectivity index (χ2n) is 4.38. The van der Waals surface area contributed by atoms with Crippen LogP contribution in [0.15, 0.2) is 36.4 Å². The van der Waals surface area contributed by atoms with Crippen LogP contribution in [0.25, 0.3) is 22.4 Å². The number of hydrogen-bond donors (Lipinski definition) is 1. The highest BCUT2D eigenvalue weighted by Gasteiger charge is 2.14. The van der Waals surface area contributed by atoms with E-state index in [9.17, 15) is 8.78 Å². The van der Waals surface area contributed by atoms with Crippen molar-refractivity contribution in [1.82, 2.24) is 9.55 Å². The zero-order chi connectivity index (χ0) is 13.6. The van der Waals surface area contributed by atoms with Gasteiger partial charge in [0.25, 0.3) is 0 Å². The van der Waals surface area contributed by atoms with Crippen LogP contribution in [0.4, 0.5) is 14.5 Å². The van der Waals surface area contributed by atoms with Crippen molar-refractivity contribution in [1.29, 1.82) is 0 Å². The Labute approximate surface area is 108 Å². The van der Waals surface area contributed by atoms with Crippen LogP contribution in [0.1, 0.15) is 0 Å². The van der Waals surface area contributed by atoms with E-state index in [0.29, 0.717) is 11.5 Å². The van der Waals surface area contributed by atoms with Gasteiger partial charge in [0.05, 0.1) is 5.52 Å². The summed E-state index contributed by atoms with van der Waals surface area (Å²) in [5.41, 5.74) is 7.65. The SMILES string of the molecule is Cn1c(-c2cccc(N)c2)nc2cc(F)cc(F)c21. The van der Waals surface area contributed by atoms with Crippen molar-refractivity contribution in [3.63, 3.8) is 0 Å². The van der Waals surface area contributed by atoms with E-state index in [1.54, 1.807) is 29.8 Å². The third-order valence-electron chi connectivity index (χ3n) is 3.03. The minimum atomic E-state index is -0.637. The number of hydrogen-bond acceptors (Lipinski definition) is 2. The van der Waals surface area contributed by atoms with Gasteiger partial charge in [0.2, 0.25) is 0 Å². The van der Waals surface area contributed by atoms with E-state index >= 15 is 0 Å². The first-order chi connectivity index (χ1) is 9.06. The van der Waals surface area contributed by atoms with Crippen LogP contribution in [0.3, 0.4) is 0 Å². The number of nitrogens with two attached hydrogens (primary N) is 1. The van der Waals surface area contributed by atoms with Gasteiger partial charge in [0, 0.05) is 30.4 Å². The molecule has 96 valence electrons. The minimum absolute atomic E-state index is 0.277. The van der Waals surface area contributed by atoms with Gasteiger partial charge < -0.3 is 10.3 Å². The molecule has 2 N–H and O–H groups in total. The average Bonchev–Trinajstić information content (AvgIpc) is 2.66. The molecule has 0 unspecified atom stereocenters. The Morgan fingerprint density at radius 3 is 2.68 bits per heavy atom. The Bertz CT molecular complexity index is 778. The van der Waals surface area contributed by atoms with Crippen molar-refractivity contribution >= 4 is 16.7 Å². The Balaban J connectivity index is 2.31. The summed E-state index contributed by atoms with van der Waals surface area (Å²) in [6, 6.07) is 9.19. The molecule has 0 spiro atoms. The van der Waals surface area contributed by atoms with Crippen molar-refractivity contribution in [3.8, 4) is 11.4 Å². The Morgan fingerprint density at radius 1 is 1.16 bits per heavy atom. The largest absolute Gasteiger partial charge is 0.399 e. The Morgan fingerprint density at radius 2 is 1.95 bits per heavy atom. The Hall–Kier alpha value is -2.43. The fourth-order valence-corrected chi connectivity index (χ4v) is 2.20. The highest BCUT2D eigenvalue weighted by molar-refractivity contribution is 5.81. The van der Waals surface area contributed by atoms with Crippen LogP contribution in [0.5, 0.6) is 0 Å². The number of fused-ring (bicyclic) bond motifs is 1. The third-order valence-corrected chi connectivity index (χ3v) is 3.03. The molecule has 0 bridgehead atoms. The zero-order valence-corrected chi connectivity index (χ0v) is 10.2. The number of halogens is 2. The van der Waals surface area contributed by atoms with Crippen LogP contribution < -0.4 is 5.73 Å². The van der Waals surface area contributed by atoms with Crippen molar-refractivity contribution in [2.45, 2.75) is 0 Å². The van der Waals surface area contributed by atoms with E-state index in [4.69, 9.17) is 5.73 Å². The van der Waals surface area contributed by atoms with Crippen molar-refractivity contribution in [2.24, 2.45) is 7.05 Å². The number of aromatic nitrogens is 2. The number of aryl methyl sites for hydroxylation is 1. The number of nitrogens with zero attached hydrogens (tertiary/aromatic N) is 2. The lowest BCUT2D eigenvalue weighted by Gasteiger charge is -2.03. The smallest absolute Gasteiger partial charge is 0.152 e. The van der Waals surface area contributed by atoms with Crippen molar-refractivity contribution in [3.05, 3.63) is 48.0 Å². The maximum absolute atomic E-state index is 13.8. The van der Waals surface area contributed by atoms with Crippen LogP contribution in [0, 0.1) is 11.6 Å². The van der Waals surface area contributed by atoms with Gasteiger partial charge in [0.15, 0.2) is 5.82 Å². The molecule has 0 atom stereocenters. The molecule has 3 nitrogen and oxygen atoms in total. The summed E-state index contributed by atoms with van der Waals surface area (Å²) in [6.07, 6.45) is 0. The molecule has 0 aliphatic heterocycles. The summed E-state index contributed by atoms with van der Waals surface area (Å²) in [5, 5.41) is 0. The quantitative estimate of drug-likeness (QED) is 0.682. The molecule has 3 rings (SSSR count). The lowest BCUT2D eigenvalue weighted by atomic mass is 10.2. The first-order valence-electron chi connectivity index (χ1n) is 5.73. The van der Waals surface area contributed by atoms with Crippen molar-refractivity contribution in [2.75, 3.05) is 5.73 Å². The van der Waals surface area contributed by atoms with E-state index in [2.05, 4.69) is 4.98 Å². The molecule has 0 fully saturated rings. The number of imidazole rings is 1. The van der Waals surface area contributed by atoms with Crippen LogP contribution >= 0.6 is 0 Å². The van der Waals surface area contributed by atoms with Gasteiger partial charge in [-0.3, -0.25) is 0 Å². The number of nitrogen functional groups attached to an aromatic ring is 1. The minimum Gasteiger partial charge on any atom is -0.399 e. The predicted molar refractivity (Wildman–Crippen MR) is 70.5 cm³/mol. The molecule has 1 heterocycles. The predicted octanol–water partition coefficient (Wildman–Crippen LogP) is 3.10. The lowest BCUT2D eigenvalue weighted by Crippen LogP contribution is -1.95. The van der Waals surface area contributed by atoms with Gasteiger partial charge in [-0.15, -0.1) is 0 Å². The first kappa shape index (κ1) is 11.6. The fourth-order valence-electron chi connectivity index (χ4n) is 2.20. The first-order valence-corrected chi connectivity index (χ1v) is 5.73. The maximum atomic E-state index is 13.8. The van der Waals surface area contributed by atoms with Gasteiger partial charge in [-0.05, 0) is 12.1 Å². The topological polar surface area (TPSA) is 43.8 Å². The molecule has 5 heteroatoms. The molecule has 0 amide bonds. The zero-order valence-electron chi connectivity index (χ0n) is 10.2. The summed E-state index contributed by atoms with van der Waals surface area (Å²) in [4.78, 5) is 4.27. The number of rotatable bonds is 1. The maximum Gasteiger partial charge on any atom is 0.152 e. The van der Waals surface area contributed by atoms with E-state index in [1.807, 2.05) is 6.07 Å². The summed E-state index contributed by atoms with van der Waals surface area (Å²) in [6.45, 7) is 0. The standard InChI is InChI=1S/C14H11F2N3/c1-19-13-11(16)6-9(15)7-12(13)18-14(19)8-3-2-4-10(17)5-8/h2-7H,17H2,1H3. The van der Waals surface area contributed by atoms with Gasteiger partial charge in [-0.25, -0.2) is 13.8 Å². The molecule has 0 saturated heterocycles. The molecule has 0 radical (unpaired) electrons. The molecule has 0 aliphatic carbocycles. The van der Waals surface area contributed by atoms with E-state index in [0.717, 1.165) is 11.6 Å². The fraction of sp³-hybridized carbons (Fsp3) is 0.0714. The Kier molecular flexibility index (Phi) is 2.48. The molecule has 1 aromatic heterocycles. The second kappa shape index (κ2) is 4.05. The third kappa shape index (κ3) is 1.83. The summed E-state index contributed by atoms with van der Waals surface area (Å²) >= 11 is 0. The van der Waals surface area contributed by atoms with Gasteiger partial charge >= 0.3 is 0 Å². The highest BCUT2D eigenvalue weighted by Crippen LogP contribution is 2.27. The summed E-state index contributed by atoms with van der Waals surface area (Å²) < 4.78 is 28.6. The second-order valence-corrected chi connectivity index (χ2v) is 4.38. The number of anilines is 1. The van der Waals surface area contributed by atoms with Gasteiger partial charge in [-0.1, -0.05) is 12.1 Å². The van der Waals surface area contributed by atoms with E-state index in [1.165, 1.54) is 6.07 Å². The van der Waals surface area contributed by atoms with E-state index < -0.39 is 11.6 Å². The lowest BCUT2D eigenvalue weighted by molar-refractivity contribution is 0.588. The molecule has 0 saturated carbocycles. The normalized spacial score (nSPS) is 11.1. The van der Waals surface area contributed by atoms with Gasteiger partial charge in [-0.2, -0.15) is 0 Å². The van der Waals surface area contributed by atoms with Crippen LogP contribution in [0.2, 0.25) is 0 Å². The van der Waals surface area contributed by atoms with Crippen molar-refractivity contribution < 1.29 is 8.78 Å². The number of benzene rings is 2. The molecule has 2 aromatic carbocycles. The molecular weight excluding hydrogens is 248 g/mol. The van der Waals surface area contributed by atoms with Gasteiger partial charge in [0.1, 0.15) is 17.2 Å².